The number of aromatic nitrogens is 2. The van der Waals surface area contributed by atoms with Crippen LogP contribution in [0.3, 0.4) is 0 Å². The van der Waals surface area contributed by atoms with Gasteiger partial charge in [-0.3, -0.25) is 4.79 Å². The van der Waals surface area contributed by atoms with Crippen LogP contribution in [-0.4, -0.2) is 40.0 Å². The van der Waals surface area contributed by atoms with Gasteiger partial charge in [-0.2, -0.15) is 0 Å². The normalized spacial score (nSPS) is 22.6. The fraction of sp³-hybridized carbons (Fsp3) is 0.615. The van der Waals surface area contributed by atoms with E-state index in [1.54, 1.807) is 0 Å². The average molecular weight is 265 g/mol. The maximum Gasteiger partial charge on any atom is 0.316 e. The molecule has 0 bridgehead atoms. The van der Waals surface area contributed by atoms with Crippen molar-refractivity contribution in [2.24, 2.45) is 5.92 Å². The van der Waals surface area contributed by atoms with Crippen LogP contribution in [0.25, 0.3) is 0 Å². The topological polar surface area (TPSA) is 55.3 Å². The molecule has 1 aliphatic carbocycles. The Hall–Kier alpha value is -1.72. The fourth-order valence-electron chi connectivity index (χ4n) is 2.26. The maximum atomic E-state index is 12.7. The van der Waals surface area contributed by atoms with E-state index in [0.29, 0.717) is 18.9 Å². The summed E-state index contributed by atoms with van der Waals surface area (Å²) >= 11 is 0. The van der Waals surface area contributed by atoms with E-state index in [1.165, 1.54) is 12.8 Å². The average Bonchev–Trinajstić information content (AvgIpc) is 3.08. The number of ether oxygens (including phenoxy) is 1. The number of carbonyl (C=O) groups excluding carboxylic acids is 1. The molecule has 0 N–H and O–H groups in total. The predicted octanol–water partition coefficient (Wildman–Crippen LogP) is 1.40. The molecule has 1 atom stereocenters. The summed E-state index contributed by atoms with van der Waals surface area (Å²) in [4.78, 5) is 21.3. The highest BCUT2D eigenvalue weighted by molar-refractivity contribution is 5.77. The minimum atomic E-state index is -0.486. The first-order valence-corrected chi connectivity index (χ1v) is 6.62. The standard InChI is InChI=1S/C13H16FN3O2/c14-10-6-15-13(16-7-10)19-11-3-4-17(8-11)12(18)5-9-1-2-9/h6-7,9,11H,1-5,8H2/t11-/m1/s1. The first kappa shape index (κ1) is 12.3. The van der Waals surface area contributed by atoms with Crippen LogP contribution in [0.15, 0.2) is 12.4 Å². The Balaban J connectivity index is 1.50. The van der Waals surface area contributed by atoms with Crippen molar-refractivity contribution >= 4 is 5.91 Å². The lowest BCUT2D eigenvalue weighted by molar-refractivity contribution is -0.130. The fourth-order valence-corrected chi connectivity index (χ4v) is 2.26. The quantitative estimate of drug-likeness (QED) is 0.825. The van der Waals surface area contributed by atoms with Crippen molar-refractivity contribution < 1.29 is 13.9 Å². The molecule has 1 aromatic rings. The van der Waals surface area contributed by atoms with E-state index in [-0.39, 0.29) is 18.0 Å². The summed E-state index contributed by atoms with van der Waals surface area (Å²) in [6.45, 7) is 1.30. The van der Waals surface area contributed by atoms with Gasteiger partial charge in [-0.1, -0.05) is 0 Å². The van der Waals surface area contributed by atoms with Crippen LogP contribution in [0.2, 0.25) is 0 Å². The molecule has 19 heavy (non-hydrogen) atoms. The highest BCUT2D eigenvalue weighted by Crippen LogP contribution is 2.33. The second kappa shape index (κ2) is 5.11. The van der Waals surface area contributed by atoms with Gasteiger partial charge in [0, 0.05) is 19.4 Å². The third-order valence-corrected chi connectivity index (χ3v) is 3.53. The SMILES string of the molecule is O=C(CC1CC1)N1CC[C@@H](Oc2ncc(F)cn2)C1. The van der Waals surface area contributed by atoms with Gasteiger partial charge in [0.25, 0.3) is 0 Å². The van der Waals surface area contributed by atoms with Gasteiger partial charge in [0.05, 0.1) is 18.9 Å². The van der Waals surface area contributed by atoms with Crippen molar-refractivity contribution in [1.29, 1.82) is 0 Å². The number of hydrogen-bond donors (Lipinski definition) is 0. The molecule has 1 aliphatic heterocycles. The molecule has 1 aromatic heterocycles. The zero-order chi connectivity index (χ0) is 13.2. The minimum absolute atomic E-state index is 0.0892. The van der Waals surface area contributed by atoms with Crippen LogP contribution in [0.4, 0.5) is 4.39 Å². The molecular weight excluding hydrogens is 249 g/mol. The van der Waals surface area contributed by atoms with Gasteiger partial charge < -0.3 is 9.64 Å². The summed E-state index contributed by atoms with van der Waals surface area (Å²) in [7, 11) is 0. The smallest absolute Gasteiger partial charge is 0.316 e. The van der Waals surface area contributed by atoms with Crippen LogP contribution < -0.4 is 4.74 Å². The molecule has 102 valence electrons. The molecular formula is C13H16FN3O2. The van der Waals surface area contributed by atoms with Crippen molar-refractivity contribution in [2.75, 3.05) is 13.1 Å². The number of halogens is 1. The Morgan fingerprint density at radius 3 is 2.79 bits per heavy atom. The summed E-state index contributed by atoms with van der Waals surface area (Å²) in [5.41, 5.74) is 0. The monoisotopic (exact) mass is 265 g/mol. The molecule has 0 radical (unpaired) electrons. The van der Waals surface area contributed by atoms with Crippen molar-refractivity contribution in [1.82, 2.24) is 14.9 Å². The second-order valence-corrected chi connectivity index (χ2v) is 5.20. The zero-order valence-corrected chi connectivity index (χ0v) is 10.6. The predicted molar refractivity (Wildman–Crippen MR) is 64.9 cm³/mol. The molecule has 0 unspecified atom stereocenters. The molecule has 1 saturated heterocycles. The first-order chi connectivity index (χ1) is 9.20. The summed E-state index contributed by atoms with van der Waals surface area (Å²) in [6, 6.07) is 0.169. The highest BCUT2D eigenvalue weighted by Gasteiger charge is 2.32. The Bertz CT molecular complexity index is 461. The van der Waals surface area contributed by atoms with Gasteiger partial charge in [-0.05, 0) is 18.8 Å². The minimum Gasteiger partial charge on any atom is -0.458 e. The Labute approximate surface area is 110 Å². The lowest BCUT2D eigenvalue weighted by Crippen LogP contribution is -2.31. The van der Waals surface area contributed by atoms with E-state index in [2.05, 4.69) is 9.97 Å². The number of carbonyl (C=O) groups is 1. The highest BCUT2D eigenvalue weighted by atomic mass is 19.1. The van der Waals surface area contributed by atoms with Crippen LogP contribution in [0.1, 0.15) is 25.7 Å². The summed E-state index contributed by atoms with van der Waals surface area (Å²) in [5, 5.41) is 0. The van der Waals surface area contributed by atoms with Gasteiger partial charge in [0.2, 0.25) is 5.91 Å². The number of likely N-dealkylation sites (tertiary alicyclic amines) is 1. The molecule has 6 heteroatoms. The number of amides is 1. The van der Waals surface area contributed by atoms with Crippen molar-refractivity contribution in [2.45, 2.75) is 31.8 Å². The first-order valence-electron chi connectivity index (χ1n) is 6.62. The van der Waals surface area contributed by atoms with Gasteiger partial charge >= 0.3 is 6.01 Å². The van der Waals surface area contributed by atoms with Crippen molar-refractivity contribution in [3.63, 3.8) is 0 Å². The van der Waals surface area contributed by atoms with Gasteiger partial charge in [0.1, 0.15) is 6.10 Å². The Kier molecular flexibility index (Phi) is 3.31. The van der Waals surface area contributed by atoms with Gasteiger partial charge in [-0.15, -0.1) is 0 Å². The molecule has 2 aliphatic rings. The third kappa shape index (κ3) is 3.19. The van der Waals surface area contributed by atoms with Crippen molar-refractivity contribution in [3.05, 3.63) is 18.2 Å². The lowest BCUT2D eigenvalue weighted by atomic mass is 10.2. The number of hydrogen-bond acceptors (Lipinski definition) is 4. The maximum absolute atomic E-state index is 12.7. The Morgan fingerprint density at radius 2 is 2.11 bits per heavy atom. The van der Waals surface area contributed by atoms with Gasteiger partial charge in [-0.25, -0.2) is 14.4 Å². The summed E-state index contributed by atoms with van der Waals surface area (Å²) < 4.78 is 18.2. The van der Waals surface area contributed by atoms with Crippen molar-refractivity contribution in [3.8, 4) is 6.01 Å². The molecule has 0 aromatic carbocycles. The van der Waals surface area contributed by atoms with Crippen LogP contribution >= 0.6 is 0 Å². The number of nitrogens with zero attached hydrogens (tertiary/aromatic N) is 3. The van der Waals surface area contributed by atoms with E-state index >= 15 is 0 Å². The van der Waals surface area contributed by atoms with Gasteiger partial charge in [0.15, 0.2) is 5.82 Å². The van der Waals surface area contributed by atoms with Crippen LogP contribution in [0, 0.1) is 11.7 Å². The lowest BCUT2D eigenvalue weighted by Gasteiger charge is -2.16. The van der Waals surface area contributed by atoms with E-state index in [1.807, 2.05) is 4.90 Å². The molecule has 2 fully saturated rings. The Morgan fingerprint density at radius 1 is 1.37 bits per heavy atom. The summed E-state index contributed by atoms with van der Waals surface area (Å²) in [5.74, 6) is 0.335. The van der Waals surface area contributed by atoms with E-state index in [9.17, 15) is 9.18 Å². The van der Waals surface area contributed by atoms with Crippen LogP contribution in [0.5, 0.6) is 6.01 Å². The zero-order valence-electron chi connectivity index (χ0n) is 10.6. The molecule has 5 nitrogen and oxygen atoms in total. The summed E-state index contributed by atoms with van der Waals surface area (Å²) in [6.07, 6.45) is 5.87. The van der Waals surface area contributed by atoms with E-state index in [0.717, 1.165) is 25.4 Å². The third-order valence-electron chi connectivity index (χ3n) is 3.53. The largest absolute Gasteiger partial charge is 0.458 e. The number of rotatable bonds is 4. The molecule has 2 heterocycles. The molecule has 1 saturated carbocycles. The van der Waals surface area contributed by atoms with E-state index in [4.69, 9.17) is 4.74 Å². The molecule has 1 amide bonds. The van der Waals surface area contributed by atoms with Crippen LogP contribution in [-0.2, 0) is 4.79 Å². The van der Waals surface area contributed by atoms with E-state index < -0.39 is 5.82 Å². The second-order valence-electron chi connectivity index (χ2n) is 5.20. The molecule has 3 rings (SSSR count). The molecule has 0 spiro atoms.